The largest absolute Gasteiger partial charge is 0.369 e. The average Bonchev–Trinajstić information content (AvgIpc) is 2.42. The van der Waals surface area contributed by atoms with Crippen LogP contribution in [-0.2, 0) is 6.42 Å². The van der Waals surface area contributed by atoms with Crippen LogP contribution in [0.3, 0.4) is 0 Å². The smallest absolute Gasteiger partial charge is 0.255 e. The molecule has 0 N–H and O–H groups in total. The molecule has 0 aliphatic rings. The van der Waals surface area contributed by atoms with Gasteiger partial charge in [-0.1, -0.05) is 12.1 Å². The van der Waals surface area contributed by atoms with Crippen LogP contribution in [0, 0.1) is 6.92 Å². The van der Waals surface area contributed by atoms with Crippen molar-refractivity contribution in [2.24, 2.45) is 4.99 Å². The Hall–Kier alpha value is -1.32. The van der Waals surface area contributed by atoms with Gasteiger partial charge in [0.1, 0.15) is 0 Å². The van der Waals surface area contributed by atoms with E-state index in [-0.39, 0.29) is 0 Å². The molecule has 0 atom stereocenters. The second-order valence-electron chi connectivity index (χ2n) is 3.11. The molecule has 0 aromatic carbocycles. The van der Waals surface area contributed by atoms with E-state index in [9.17, 15) is 0 Å². The van der Waals surface area contributed by atoms with E-state index in [2.05, 4.69) is 17.1 Å². The Kier molecular flexibility index (Phi) is 3.06. The van der Waals surface area contributed by atoms with E-state index >= 15 is 0 Å². The fraction of sp³-hybridized carbons (Fsp3) is 0.556. The summed E-state index contributed by atoms with van der Waals surface area (Å²) in [5.74, 6) is 0.619. The van der Waals surface area contributed by atoms with Gasteiger partial charge in [0.2, 0.25) is 0 Å². The van der Waals surface area contributed by atoms with Crippen molar-refractivity contribution in [2.45, 2.75) is 20.3 Å². The first-order chi connectivity index (χ1) is 6.15. The third kappa shape index (κ3) is 2.31. The predicted molar refractivity (Wildman–Crippen MR) is 52.5 cm³/mol. The van der Waals surface area contributed by atoms with Crippen LogP contribution in [0.1, 0.15) is 18.2 Å². The minimum atomic E-state index is 0.619. The summed E-state index contributed by atoms with van der Waals surface area (Å²) in [7, 11) is 3.83. The van der Waals surface area contributed by atoms with Gasteiger partial charge >= 0.3 is 0 Å². The van der Waals surface area contributed by atoms with Crippen molar-refractivity contribution >= 4 is 12.2 Å². The maximum Gasteiger partial charge on any atom is 0.255 e. The first-order valence-corrected chi connectivity index (χ1v) is 4.31. The van der Waals surface area contributed by atoms with Gasteiger partial charge in [0, 0.05) is 19.7 Å². The van der Waals surface area contributed by atoms with Gasteiger partial charge in [-0.05, 0) is 13.3 Å². The molecule has 0 aliphatic heterocycles. The number of nitrogens with zero attached hydrogens (tertiary/aromatic N) is 3. The number of rotatable bonds is 3. The van der Waals surface area contributed by atoms with Crippen molar-refractivity contribution in [3.8, 4) is 0 Å². The molecule has 0 radical (unpaired) electrons. The quantitative estimate of drug-likeness (QED) is 0.527. The Morgan fingerprint density at radius 1 is 1.54 bits per heavy atom. The van der Waals surface area contributed by atoms with Crippen molar-refractivity contribution in [1.29, 1.82) is 0 Å². The lowest BCUT2D eigenvalue weighted by atomic mass is 10.2. The molecule has 72 valence electrons. The van der Waals surface area contributed by atoms with Crippen LogP contribution in [0.2, 0.25) is 0 Å². The van der Waals surface area contributed by atoms with Crippen LogP contribution < -0.4 is 0 Å². The number of aliphatic imine (C=N–C) groups is 1. The lowest BCUT2D eigenvalue weighted by molar-refractivity contribution is 0.424. The highest BCUT2D eigenvalue weighted by Crippen LogP contribution is 2.21. The van der Waals surface area contributed by atoms with Crippen LogP contribution in [0.4, 0.5) is 5.88 Å². The maximum absolute atomic E-state index is 5.06. The molecule has 4 heteroatoms. The minimum absolute atomic E-state index is 0.619. The fourth-order valence-corrected chi connectivity index (χ4v) is 1.05. The molecule has 0 fully saturated rings. The molecular formula is C9H15N3O. The third-order valence-corrected chi connectivity index (χ3v) is 1.72. The second kappa shape index (κ2) is 4.07. The van der Waals surface area contributed by atoms with Crippen LogP contribution in [0.5, 0.6) is 0 Å². The second-order valence-corrected chi connectivity index (χ2v) is 3.11. The summed E-state index contributed by atoms with van der Waals surface area (Å²) in [5, 5.41) is 3.86. The van der Waals surface area contributed by atoms with Crippen molar-refractivity contribution < 1.29 is 4.52 Å². The summed E-state index contributed by atoms with van der Waals surface area (Å²) >= 11 is 0. The third-order valence-electron chi connectivity index (χ3n) is 1.72. The van der Waals surface area contributed by atoms with Gasteiger partial charge in [-0.25, -0.2) is 4.99 Å². The molecule has 13 heavy (non-hydrogen) atoms. The molecule has 1 rings (SSSR count). The molecule has 0 unspecified atom stereocenters. The topological polar surface area (TPSA) is 41.6 Å². The molecule has 0 saturated carbocycles. The summed E-state index contributed by atoms with van der Waals surface area (Å²) in [6.45, 7) is 3.99. The zero-order valence-corrected chi connectivity index (χ0v) is 8.53. The summed E-state index contributed by atoms with van der Waals surface area (Å²) in [5.41, 5.74) is 2.01. The lowest BCUT2D eigenvalue weighted by Crippen LogP contribution is -2.07. The van der Waals surface area contributed by atoms with E-state index in [0.29, 0.717) is 5.88 Å². The summed E-state index contributed by atoms with van der Waals surface area (Å²) in [6.07, 6.45) is 2.61. The Labute approximate surface area is 78.2 Å². The van der Waals surface area contributed by atoms with Crippen LogP contribution in [0.25, 0.3) is 0 Å². The molecule has 4 nitrogen and oxygen atoms in total. The molecular weight excluding hydrogens is 166 g/mol. The van der Waals surface area contributed by atoms with Gasteiger partial charge in [0.15, 0.2) is 0 Å². The molecule has 0 saturated heterocycles. The van der Waals surface area contributed by atoms with Crippen molar-refractivity contribution in [3.05, 3.63) is 11.3 Å². The van der Waals surface area contributed by atoms with Crippen LogP contribution in [0.15, 0.2) is 9.52 Å². The summed E-state index contributed by atoms with van der Waals surface area (Å²) < 4.78 is 5.06. The molecule has 0 amide bonds. The van der Waals surface area contributed by atoms with Crippen LogP contribution >= 0.6 is 0 Å². The lowest BCUT2D eigenvalue weighted by Gasteiger charge is -2.00. The predicted octanol–water partition coefficient (Wildman–Crippen LogP) is 1.77. The molecule has 0 bridgehead atoms. The minimum Gasteiger partial charge on any atom is -0.369 e. The van der Waals surface area contributed by atoms with Crippen molar-refractivity contribution in [1.82, 2.24) is 10.1 Å². The molecule has 0 aliphatic carbocycles. The maximum atomic E-state index is 5.06. The first kappa shape index (κ1) is 9.77. The Morgan fingerprint density at radius 2 is 2.23 bits per heavy atom. The van der Waals surface area contributed by atoms with Gasteiger partial charge in [-0.15, -0.1) is 0 Å². The standard InChI is InChI=1S/C9H15N3O/c1-5-8-7(2)11-13-9(8)10-6-12(3)4/h6H,5H2,1-4H3/b10-6+. The van der Waals surface area contributed by atoms with Crippen LogP contribution in [-0.4, -0.2) is 30.5 Å². The molecule has 0 spiro atoms. The molecule has 1 aromatic rings. The van der Waals surface area contributed by atoms with Gasteiger partial charge < -0.3 is 9.42 Å². The summed E-state index contributed by atoms with van der Waals surface area (Å²) in [6, 6.07) is 0. The van der Waals surface area contributed by atoms with E-state index < -0.39 is 0 Å². The molecule has 1 aromatic heterocycles. The van der Waals surface area contributed by atoms with E-state index in [0.717, 1.165) is 17.7 Å². The van der Waals surface area contributed by atoms with Gasteiger partial charge in [-0.2, -0.15) is 0 Å². The zero-order chi connectivity index (χ0) is 9.84. The van der Waals surface area contributed by atoms with E-state index in [1.807, 2.05) is 25.9 Å². The highest BCUT2D eigenvalue weighted by atomic mass is 16.5. The Bertz CT molecular complexity index is 302. The van der Waals surface area contributed by atoms with E-state index in [1.165, 1.54) is 0 Å². The van der Waals surface area contributed by atoms with Crippen molar-refractivity contribution in [3.63, 3.8) is 0 Å². The van der Waals surface area contributed by atoms with Crippen molar-refractivity contribution in [2.75, 3.05) is 14.1 Å². The monoisotopic (exact) mass is 181 g/mol. The van der Waals surface area contributed by atoms with Gasteiger partial charge in [0.25, 0.3) is 5.88 Å². The normalized spacial score (nSPS) is 11.1. The number of aryl methyl sites for hydroxylation is 1. The van der Waals surface area contributed by atoms with Gasteiger partial charge in [0.05, 0.1) is 12.0 Å². The average molecular weight is 181 g/mol. The fourth-order valence-electron chi connectivity index (χ4n) is 1.05. The Balaban J connectivity index is 2.88. The highest BCUT2D eigenvalue weighted by Gasteiger charge is 2.08. The molecule has 1 heterocycles. The van der Waals surface area contributed by atoms with Gasteiger partial charge in [-0.3, -0.25) is 0 Å². The highest BCUT2D eigenvalue weighted by molar-refractivity contribution is 5.59. The SMILES string of the molecule is CCc1c(C)noc1/N=C/N(C)C. The number of aromatic nitrogens is 1. The Morgan fingerprint density at radius 3 is 2.77 bits per heavy atom. The van der Waals surface area contributed by atoms with E-state index in [1.54, 1.807) is 6.34 Å². The summed E-state index contributed by atoms with van der Waals surface area (Å²) in [4.78, 5) is 6.03. The van der Waals surface area contributed by atoms with E-state index in [4.69, 9.17) is 4.52 Å². The first-order valence-electron chi connectivity index (χ1n) is 4.31. The zero-order valence-electron chi connectivity index (χ0n) is 8.53. The number of hydrogen-bond donors (Lipinski definition) is 0. The number of hydrogen-bond acceptors (Lipinski definition) is 3.